The van der Waals surface area contributed by atoms with Gasteiger partial charge < -0.3 is 4.42 Å². The molecule has 0 radical (unpaired) electrons. The first-order chi connectivity index (χ1) is 11.7. The molecule has 1 aromatic heterocycles. The molecule has 0 N–H and O–H groups in total. The highest BCUT2D eigenvalue weighted by Gasteiger charge is 2.33. The first-order valence-electron chi connectivity index (χ1n) is 9.12. The normalized spacial score (nSPS) is 18.6. The van der Waals surface area contributed by atoms with E-state index in [-0.39, 0.29) is 0 Å². The Balaban J connectivity index is 1.68. The fraction of sp³-hybridized carbons (Fsp3) is 0.409. The summed E-state index contributed by atoms with van der Waals surface area (Å²) < 4.78 is 5.95. The average molecular weight is 319 g/mol. The van der Waals surface area contributed by atoms with E-state index in [0.717, 1.165) is 22.6 Å². The summed E-state index contributed by atoms with van der Waals surface area (Å²) in [4.78, 5) is 4.65. The van der Waals surface area contributed by atoms with Crippen LogP contribution in [0.2, 0.25) is 0 Å². The molecule has 1 unspecified atom stereocenters. The Kier molecular flexibility index (Phi) is 3.91. The number of nitrogens with zero attached hydrogens (tertiary/aromatic N) is 1. The van der Waals surface area contributed by atoms with Gasteiger partial charge in [-0.1, -0.05) is 57.4 Å². The summed E-state index contributed by atoms with van der Waals surface area (Å²) in [6.45, 7) is 4.85. The Morgan fingerprint density at radius 1 is 1.00 bits per heavy atom. The maximum absolute atomic E-state index is 5.95. The lowest BCUT2D eigenvalue weighted by molar-refractivity contribution is 0.177. The van der Waals surface area contributed by atoms with E-state index >= 15 is 0 Å². The van der Waals surface area contributed by atoms with Crippen LogP contribution in [0.5, 0.6) is 0 Å². The van der Waals surface area contributed by atoms with E-state index in [0.29, 0.717) is 11.3 Å². The number of hydrogen-bond acceptors (Lipinski definition) is 2. The molecule has 24 heavy (non-hydrogen) atoms. The highest BCUT2D eigenvalue weighted by molar-refractivity contribution is 5.76. The lowest BCUT2D eigenvalue weighted by Gasteiger charge is -2.39. The van der Waals surface area contributed by atoms with Crippen molar-refractivity contribution in [1.82, 2.24) is 4.98 Å². The molecule has 2 aromatic carbocycles. The van der Waals surface area contributed by atoms with E-state index in [2.05, 4.69) is 43.1 Å². The number of para-hydroxylation sites is 2. The van der Waals surface area contributed by atoms with Crippen LogP contribution in [0.3, 0.4) is 0 Å². The van der Waals surface area contributed by atoms with Crippen molar-refractivity contribution in [1.29, 1.82) is 0 Å². The Morgan fingerprint density at radius 3 is 2.58 bits per heavy atom. The zero-order chi connectivity index (χ0) is 16.6. The maximum atomic E-state index is 5.95. The summed E-state index contributed by atoms with van der Waals surface area (Å²) in [7, 11) is 0. The van der Waals surface area contributed by atoms with E-state index in [4.69, 9.17) is 4.42 Å². The SMILES string of the molecule is CC(c1cccc(-c2nc3ccccc3o2)c1)C1(C)CCCCC1. The van der Waals surface area contributed by atoms with E-state index < -0.39 is 0 Å². The second-order valence-electron chi connectivity index (χ2n) is 7.55. The summed E-state index contributed by atoms with van der Waals surface area (Å²) in [6.07, 6.45) is 6.80. The Hall–Kier alpha value is -2.09. The third-order valence-corrected chi connectivity index (χ3v) is 5.97. The standard InChI is InChI=1S/C22H25NO/c1-16(22(2)13-6-3-7-14-22)17-9-8-10-18(15-17)21-23-19-11-4-5-12-20(19)24-21/h4-5,8-12,15-16H,3,6-7,13-14H2,1-2H3. The van der Waals surface area contributed by atoms with E-state index in [1.165, 1.54) is 37.7 Å². The van der Waals surface area contributed by atoms with Gasteiger partial charge in [-0.15, -0.1) is 0 Å². The molecule has 1 heterocycles. The molecule has 1 saturated carbocycles. The van der Waals surface area contributed by atoms with Crippen LogP contribution in [-0.2, 0) is 0 Å². The molecule has 0 amide bonds. The molecule has 1 atom stereocenters. The van der Waals surface area contributed by atoms with Crippen LogP contribution in [0.25, 0.3) is 22.6 Å². The van der Waals surface area contributed by atoms with Gasteiger partial charge in [0, 0.05) is 5.56 Å². The van der Waals surface area contributed by atoms with Crippen molar-refractivity contribution in [3.05, 3.63) is 54.1 Å². The monoisotopic (exact) mass is 319 g/mol. The second kappa shape index (κ2) is 6.08. The summed E-state index contributed by atoms with van der Waals surface area (Å²) >= 11 is 0. The molecule has 0 bridgehead atoms. The first-order valence-corrected chi connectivity index (χ1v) is 9.12. The van der Waals surface area contributed by atoms with Gasteiger partial charge in [0.25, 0.3) is 0 Å². The second-order valence-corrected chi connectivity index (χ2v) is 7.55. The number of oxazole rings is 1. The lowest BCUT2D eigenvalue weighted by Crippen LogP contribution is -2.26. The van der Waals surface area contributed by atoms with Crippen molar-refractivity contribution >= 4 is 11.1 Å². The zero-order valence-electron chi connectivity index (χ0n) is 14.6. The number of benzene rings is 2. The van der Waals surface area contributed by atoms with Gasteiger partial charge in [0.15, 0.2) is 5.58 Å². The summed E-state index contributed by atoms with van der Waals surface area (Å²) in [5.41, 5.74) is 4.67. The molecule has 2 nitrogen and oxygen atoms in total. The van der Waals surface area contributed by atoms with Crippen LogP contribution in [0.4, 0.5) is 0 Å². The molecule has 1 fully saturated rings. The number of fused-ring (bicyclic) bond motifs is 1. The molecular weight excluding hydrogens is 294 g/mol. The summed E-state index contributed by atoms with van der Waals surface area (Å²) in [5, 5.41) is 0. The van der Waals surface area contributed by atoms with Gasteiger partial charge in [0.1, 0.15) is 5.52 Å². The van der Waals surface area contributed by atoms with Crippen LogP contribution in [-0.4, -0.2) is 4.98 Å². The third-order valence-electron chi connectivity index (χ3n) is 5.97. The molecule has 2 heteroatoms. The van der Waals surface area contributed by atoms with Crippen LogP contribution in [0, 0.1) is 5.41 Å². The zero-order valence-corrected chi connectivity index (χ0v) is 14.6. The van der Waals surface area contributed by atoms with Crippen LogP contribution >= 0.6 is 0 Å². The topological polar surface area (TPSA) is 26.0 Å². The van der Waals surface area contributed by atoms with E-state index in [1.54, 1.807) is 0 Å². The quantitative estimate of drug-likeness (QED) is 0.545. The minimum atomic E-state index is 0.415. The van der Waals surface area contributed by atoms with Gasteiger partial charge in [-0.2, -0.15) is 0 Å². The minimum absolute atomic E-state index is 0.415. The van der Waals surface area contributed by atoms with Crippen molar-refractivity contribution in [2.24, 2.45) is 5.41 Å². The van der Waals surface area contributed by atoms with Crippen molar-refractivity contribution in [3.63, 3.8) is 0 Å². The van der Waals surface area contributed by atoms with Crippen LogP contribution < -0.4 is 0 Å². The molecule has 0 spiro atoms. The van der Waals surface area contributed by atoms with Gasteiger partial charge in [-0.05, 0) is 54.0 Å². The van der Waals surface area contributed by atoms with E-state index in [9.17, 15) is 0 Å². The molecule has 4 rings (SSSR count). The number of hydrogen-bond donors (Lipinski definition) is 0. The minimum Gasteiger partial charge on any atom is -0.436 e. The van der Waals surface area contributed by atoms with Gasteiger partial charge in [0.05, 0.1) is 0 Å². The van der Waals surface area contributed by atoms with Crippen molar-refractivity contribution in [3.8, 4) is 11.5 Å². The van der Waals surface area contributed by atoms with Crippen molar-refractivity contribution in [2.45, 2.75) is 51.9 Å². The highest BCUT2D eigenvalue weighted by Crippen LogP contribution is 2.47. The first kappa shape index (κ1) is 15.4. The average Bonchev–Trinajstić information content (AvgIpc) is 3.06. The Morgan fingerprint density at radius 2 is 1.79 bits per heavy atom. The van der Waals surface area contributed by atoms with E-state index in [1.807, 2.05) is 24.3 Å². The molecule has 0 saturated heterocycles. The molecule has 0 aliphatic heterocycles. The van der Waals surface area contributed by atoms with Gasteiger partial charge >= 0.3 is 0 Å². The molecule has 1 aliphatic carbocycles. The number of aromatic nitrogens is 1. The van der Waals surface area contributed by atoms with Crippen LogP contribution in [0.1, 0.15) is 57.4 Å². The fourth-order valence-electron chi connectivity index (χ4n) is 4.13. The van der Waals surface area contributed by atoms with Gasteiger partial charge in [-0.25, -0.2) is 4.98 Å². The van der Waals surface area contributed by atoms with Crippen molar-refractivity contribution in [2.75, 3.05) is 0 Å². The maximum Gasteiger partial charge on any atom is 0.227 e. The highest BCUT2D eigenvalue weighted by atomic mass is 16.3. The Bertz CT molecular complexity index is 809. The largest absolute Gasteiger partial charge is 0.436 e. The summed E-state index contributed by atoms with van der Waals surface area (Å²) in [5.74, 6) is 1.28. The predicted octanol–water partition coefficient (Wildman–Crippen LogP) is 6.57. The smallest absolute Gasteiger partial charge is 0.227 e. The van der Waals surface area contributed by atoms with Crippen LogP contribution in [0.15, 0.2) is 52.9 Å². The molecule has 3 aromatic rings. The fourth-order valence-corrected chi connectivity index (χ4v) is 4.13. The number of rotatable bonds is 3. The van der Waals surface area contributed by atoms with Gasteiger partial charge in [-0.3, -0.25) is 0 Å². The summed E-state index contributed by atoms with van der Waals surface area (Å²) in [6, 6.07) is 16.7. The molecular formula is C22H25NO. The van der Waals surface area contributed by atoms with Crippen molar-refractivity contribution < 1.29 is 4.42 Å². The third kappa shape index (κ3) is 2.75. The lowest BCUT2D eigenvalue weighted by atomic mass is 9.66. The Labute approximate surface area is 143 Å². The van der Waals surface area contributed by atoms with Gasteiger partial charge in [0.2, 0.25) is 5.89 Å². The molecule has 124 valence electrons. The predicted molar refractivity (Wildman–Crippen MR) is 99.1 cm³/mol. The molecule has 1 aliphatic rings.